The predicted octanol–water partition coefficient (Wildman–Crippen LogP) is 7.32. The van der Waals surface area contributed by atoms with Gasteiger partial charge in [0.25, 0.3) is 0 Å². The Morgan fingerprint density at radius 2 is 1.81 bits per heavy atom. The lowest BCUT2D eigenvalue weighted by molar-refractivity contribution is 0.139. The normalized spacial score (nSPS) is 24.6. The van der Waals surface area contributed by atoms with Crippen molar-refractivity contribution in [3.63, 3.8) is 0 Å². The lowest BCUT2D eigenvalue weighted by atomic mass is 9.66. The van der Waals surface area contributed by atoms with E-state index in [1.807, 2.05) is 39.2 Å². The van der Waals surface area contributed by atoms with Gasteiger partial charge in [-0.25, -0.2) is 9.97 Å². The van der Waals surface area contributed by atoms with Gasteiger partial charge in [-0.2, -0.15) is 0 Å². The first kappa shape index (κ1) is 26.3. The molecule has 1 N–H and O–H groups in total. The second kappa shape index (κ2) is 10.4. The zero-order chi connectivity index (χ0) is 25.5. The van der Waals surface area contributed by atoms with Gasteiger partial charge in [0.05, 0.1) is 29.2 Å². The molecular formula is C27H30Cl2N4OS2. The molecule has 3 aromatic rings. The molecular weight excluding hydrogens is 531 g/mol. The van der Waals surface area contributed by atoms with E-state index in [0.29, 0.717) is 10.9 Å². The number of aromatic nitrogens is 3. The van der Waals surface area contributed by atoms with Gasteiger partial charge in [0.15, 0.2) is 0 Å². The summed E-state index contributed by atoms with van der Waals surface area (Å²) in [5, 5.41) is 1.49. The summed E-state index contributed by atoms with van der Waals surface area (Å²) in [5.41, 5.74) is 3.81. The van der Waals surface area contributed by atoms with Crippen molar-refractivity contribution in [1.82, 2.24) is 19.7 Å². The lowest BCUT2D eigenvalue weighted by Crippen LogP contribution is -2.46. The molecule has 1 fully saturated rings. The molecule has 2 heterocycles. The summed E-state index contributed by atoms with van der Waals surface area (Å²) in [4.78, 5) is 14.2. The molecule has 0 aliphatic heterocycles. The van der Waals surface area contributed by atoms with Crippen molar-refractivity contribution < 1.29 is 4.55 Å². The SMILES string of the molecule is CC(C)(C)[S@@+]([O-])N[C@@H]1c2ccccc2CC12CCC(c1cnc(Sc3ccnc(Cl)c3Cl)cn1)CC2. The molecule has 2 aliphatic rings. The Morgan fingerprint density at radius 1 is 1.06 bits per heavy atom. The summed E-state index contributed by atoms with van der Waals surface area (Å²) >= 11 is 12.6. The van der Waals surface area contributed by atoms with Crippen LogP contribution < -0.4 is 4.72 Å². The third-order valence-electron chi connectivity index (χ3n) is 7.38. The first-order valence-electron chi connectivity index (χ1n) is 12.2. The second-order valence-corrected chi connectivity index (χ2v) is 14.5. The van der Waals surface area contributed by atoms with Crippen molar-refractivity contribution in [3.05, 3.63) is 75.9 Å². The maximum atomic E-state index is 13.1. The van der Waals surface area contributed by atoms with Crippen LogP contribution in [0.15, 0.2) is 58.8 Å². The third kappa shape index (κ3) is 5.29. The standard InChI is InChI=1S/C27H30Cl2N4OS2/c1-26(2,3)36(34)33-24-19-7-5-4-6-18(19)14-27(24)11-8-17(9-12-27)20-15-32-22(16-31-20)35-21-10-13-30-25(29)23(21)28/h4-7,10,13,15-17,24,33H,8-9,11-12,14H2,1-3H3/t17?,24-,27?,36-/m1/s1. The van der Waals surface area contributed by atoms with Crippen LogP contribution in [0.3, 0.4) is 0 Å². The van der Waals surface area contributed by atoms with Crippen LogP contribution in [0.25, 0.3) is 0 Å². The molecule has 0 unspecified atom stereocenters. The van der Waals surface area contributed by atoms with Crippen molar-refractivity contribution in [2.45, 2.75) is 79.5 Å². The van der Waals surface area contributed by atoms with E-state index in [2.05, 4.69) is 39.0 Å². The Morgan fingerprint density at radius 3 is 2.50 bits per heavy atom. The van der Waals surface area contributed by atoms with Crippen molar-refractivity contribution in [2.75, 3.05) is 0 Å². The molecule has 36 heavy (non-hydrogen) atoms. The van der Waals surface area contributed by atoms with Gasteiger partial charge in [-0.3, -0.25) is 4.98 Å². The summed E-state index contributed by atoms with van der Waals surface area (Å²) in [7, 11) is 0. The van der Waals surface area contributed by atoms with Crippen LogP contribution >= 0.6 is 35.0 Å². The van der Waals surface area contributed by atoms with E-state index >= 15 is 0 Å². The van der Waals surface area contributed by atoms with Crippen LogP contribution in [0.4, 0.5) is 0 Å². The molecule has 0 amide bonds. The number of hydrogen-bond donors (Lipinski definition) is 1. The van der Waals surface area contributed by atoms with E-state index in [-0.39, 0.29) is 21.4 Å². The Kier molecular flexibility index (Phi) is 7.61. The molecule has 1 aromatic carbocycles. The molecule has 0 saturated heterocycles. The highest BCUT2D eigenvalue weighted by atomic mass is 35.5. The Hall–Kier alpha value is -1.35. The molecule has 1 saturated carbocycles. The van der Waals surface area contributed by atoms with Crippen molar-refractivity contribution in [3.8, 4) is 0 Å². The topological polar surface area (TPSA) is 73.8 Å². The van der Waals surface area contributed by atoms with E-state index in [1.165, 1.54) is 22.9 Å². The highest BCUT2D eigenvalue weighted by Gasteiger charge is 2.50. The minimum absolute atomic E-state index is 0.0850. The zero-order valence-electron chi connectivity index (χ0n) is 20.6. The summed E-state index contributed by atoms with van der Waals surface area (Å²) in [6.07, 6.45) is 10.6. The number of pyridine rings is 1. The molecule has 0 radical (unpaired) electrons. The number of nitrogens with one attached hydrogen (secondary N) is 1. The molecule has 2 aliphatic carbocycles. The third-order valence-corrected chi connectivity index (χ3v) is 10.8. The van der Waals surface area contributed by atoms with Gasteiger partial charge in [0.1, 0.15) is 14.9 Å². The van der Waals surface area contributed by atoms with Crippen molar-refractivity contribution in [2.24, 2.45) is 5.41 Å². The zero-order valence-corrected chi connectivity index (χ0v) is 23.8. The molecule has 2 atom stereocenters. The predicted molar refractivity (Wildman–Crippen MR) is 148 cm³/mol. The second-order valence-electron chi connectivity index (χ2n) is 10.7. The quantitative estimate of drug-likeness (QED) is 0.260. The number of nitrogens with zero attached hydrogens (tertiary/aromatic N) is 3. The van der Waals surface area contributed by atoms with Crippen LogP contribution in [0.2, 0.25) is 10.2 Å². The van der Waals surface area contributed by atoms with Crippen LogP contribution in [0.1, 0.15) is 75.2 Å². The van der Waals surface area contributed by atoms with E-state index in [9.17, 15) is 4.55 Å². The van der Waals surface area contributed by atoms with Crippen LogP contribution in [-0.4, -0.2) is 24.3 Å². The highest BCUT2D eigenvalue weighted by molar-refractivity contribution is 7.99. The van der Waals surface area contributed by atoms with Gasteiger partial charge in [0, 0.05) is 28.4 Å². The molecule has 9 heteroatoms. The molecule has 190 valence electrons. The average Bonchev–Trinajstić information content (AvgIpc) is 3.15. The number of benzene rings is 1. The van der Waals surface area contributed by atoms with E-state index in [0.717, 1.165) is 47.7 Å². The highest BCUT2D eigenvalue weighted by Crippen LogP contribution is 2.56. The van der Waals surface area contributed by atoms with Gasteiger partial charge >= 0.3 is 0 Å². The fraction of sp³-hybridized carbons (Fsp3) is 0.444. The first-order valence-corrected chi connectivity index (χ1v) is 14.9. The molecule has 2 aromatic heterocycles. The van der Waals surface area contributed by atoms with Crippen molar-refractivity contribution in [1.29, 1.82) is 0 Å². The van der Waals surface area contributed by atoms with Crippen LogP contribution in [-0.2, 0) is 17.8 Å². The van der Waals surface area contributed by atoms with E-state index in [1.54, 1.807) is 6.20 Å². The fourth-order valence-electron chi connectivity index (χ4n) is 5.40. The minimum atomic E-state index is -1.13. The largest absolute Gasteiger partial charge is 0.598 e. The number of rotatable bonds is 5. The van der Waals surface area contributed by atoms with Crippen molar-refractivity contribution >= 4 is 46.3 Å². The maximum absolute atomic E-state index is 13.1. The lowest BCUT2D eigenvalue weighted by Gasteiger charge is -2.42. The number of halogens is 2. The average molecular weight is 562 g/mol. The van der Waals surface area contributed by atoms with E-state index < -0.39 is 11.4 Å². The Labute approximate surface area is 230 Å². The number of fused-ring (bicyclic) bond motifs is 1. The summed E-state index contributed by atoms with van der Waals surface area (Å²) in [6.45, 7) is 6.08. The van der Waals surface area contributed by atoms with Gasteiger partial charge in [0.2, 0.25) is 0 Å². The Balaban J connectivity index is 1.29. The summed E-state index contributed by atoms with van der Waals surface area (Å²) < 4.78 is 16.3. The van der Waals surface area contributed by atoms with Crippen LogP contribution in [0.5, 0.6) is 0 Å². The first-order chi connectivity index (χ1) is 17.2. The van der Waals surface area contributed by atoms with Gasteiger partial charge in [-0.1, -0.05) is 59.2 Å². The smallest absolute Gasteiger partial charge is 0.148 e. The van der Waals surface area contributed by atoms with Gasteiger partial charge in [-0.15, -0.1) is 4.72 Å². The number of hydrogen-bond acceptors (Lipinski definition) is 6. The maximum Gasteiger partial charge on any atom is 0.148 e. The van der Waals surface area contributed by atoms with Crippen LogP contribution in [0, 0.1) is 5.41 Å². The van der Waals surface area contributed by atoms with E-state index in [4.69, 9.17) is 28.2 Å². The molecule has 0 bridgehead atoms. The molecule has 5 nitrogen and oxygen atoms in total. The fourth-order valence-corrected chi connectivity index (χ4v) is 7.53. The van der Waals surface area contributed by atoms with Gasteiger partial charge in [-0.05, 0) is 75.5 Å². The molecule has 5 rings (SSSR count). The summed E-state index contributed by atoms with van der Waals surface area (Å²) in [6, 6.07) is 10.6. The summed E-state index contributed by atoms with van der Waals surface area (Å²) in [5.74, 6) is 0.374. The molecule has 1 spiro atoms. The Bertz CT molecular complexity index is 1230. The minimum Gasteiger partial charge on any atom is -0.598 e. The van der Waals surface area contributed by atoms with Gasteiger partial charge < -0.3 is 4.55 Å². The monoisotopic (exact) mass is 560 g/mol.